The number of nitrogens with zero attached hydrogens (tertiary/aromatic N) is 2. The topological polar surface area (TPSA) is 16.1 Å². The lowest BCUT2D eigenvalue weighted by Crippen LogP contribution is -2.36. The molecule has 0 bridgehead atoms. The molecule has 0 aliphatic carbocycles. The zero-order valence-electron chi connectivity index (χ0n) is 8.41. The highest BCUT2D eigenvalue weighted by Gasteiger charge is 2.19. The molecular formula is C11H15FN2. The Bertz CT molecular complexity index is 297. The molecule has 0 aromatic carbocycles. The van der Waals surface area contributed by atoms with Crippen LogP contribution in [0.3, 0.4) is 0 Å². The van der Waals surface area contributed by atoms with Gasteiger partial charge in [-0.15, -0.1) is 0 Å². The maximum atomic E-state index is 13.1. The quantitative estimate of drug-likeness (QED) is 0.682. The first-order valence-corrected chi connectivity index (χ1v) is 5.07. The van der Waals surface area contributed by atoms with Crippen LogP contribution >= 0.6 is 0 Å². The van der Waals surface area contributed by atoms with Crippen LogP contribution in [0.2, 0.25) is 0 Å². The first-order chi connectivity index (χ1) is 6.75. The summed E-state index contributed by atoms with van der Waals surface area (Å²) in [5.41, 5.74) is 2.04. The molecule has 1 saturated heterocycles. The first-order valence-electron chi connectivity index (χ1n) is 5.07. The number of pyridine rings is 1. The highest BCUT2D eigenvalue weighted by atomic mass is 19.1. The minimum absolute atomic E-state index is 0.519. The average Bonchev–Trinajstić information content (AvgIpc) is 2.19. The van der Waals surface area contributed by atoms with Crippen LogP contribution in [-0.2, 0) is 0 Å². The minimum Gasteiger partial charge on any atom is -0.367 e. The number of hydrogen-bond acceptors (Lipinski definition) is 2. The molecule has 0 amide bonds. The molecule has 0 saturated carbocycles. The van der Waals surface area contributed by atoms with Gasteiger partial charge in [-0.05, 0) is 31.9 Å². The maximum Gasteiger partial charge on any atom is 0.118 e. The Morgan fingerprint density at radius 1 is 1.50 bits per heavy atom. The molecule has 1 fully saturated rings. The molecule has 1 atom stereocenters. The van der Waals surface area contributed by atoms with Crippen molar-refractivity contribution in [1.82, 2.24) is 4.98 Å². The third-order valence-corrected chi connectivity index (χ3v) is 2.62. The van der Waals surface area contributed by atoms with E-state index in [0.717, 1.165) is 24.3 Å². The first kappa shape index (κ1) is 9.44. The third kappa shape index (κ3) is 2.03. The summed E-state index contributed by atoms with van der Waals surface area (Å²) in [5, 5.41) is 0. The number of aromatic nitrogens is 1. The smallest absolute Gasteiger partial charge is 0.118 e. The van der Waals surface area contributed by atoms with Crippen molar-refractivity contribution in [2.75, 3.05) is 18.0 Å². The second kappa shape index (κ2) is 3.95. The minimum atomic E-state index is -0.676. The monoisotopic (exact) mass is 194 g/mol. The van der Waals surface area contributed by atoms with Crippen LogP contribution in [0.15, 0.2) is 18.3 Å². The summed E-state index contributed by atoms with van der Waals surface area (Å²) in [6, 6.07) is 3.98. The van der Waals surface area contributed by atoms with Gasteiger partial charge in [0.1, 0.15) is 6.17 Å². The van der Waals surface area contributed by atoms with E-state index < -0.39 is 6.17 Å². The molecule has 2 rings (SSSR count). The number of halogens is 1. The Labute approximate surface area is 83.8 Å². The molecule has 1 unspecified atom stereocenters. The van der Waals surface area contributed by atoms with Crippen molar-refractivity contribution in [1.29, 1.82) is 0 Å². The number of hydrogen-bond donors (Lipinski definition) is 0. The van der Waals surface area contributed by atoms with Crippen LogP contribution in [-0.4, -0.2) is 24.2 Å². The van der Waals surface area contributed by atoms with E-state index >= 15 is 0 Å². The van der Waals surface area contributed by atoms with Crippen LogP contribution in [0.5, 0.6) is 0 Å². The zero-order valence-corrected chi connectivity index (χ0v) is 8.41. The largest absolute Gasteiger partial charge is 0.367 e. The molecule has 2 heterocycles. The van der Waals surface area contributed by atoms with E-state index in [4.69, 9.17) is 0 Å². The Kier molecular flexibility index (Phi) is 2.66. The van der Waals surface area contributed by atoms with Gasteiger partial charge in [-0.25, -0.2) is 4.39 Å². The van der Waals surface area contributed by atoms with E-state index in [-0.39, 0.29) is 0 Å². The van der Waals surface area contributed by atoms with Gasteiger partial charge in [0.25, 0.3) is 0 Å². The molecular weight excluding hydrogens is 179 g/mol. The van der Waals surface area contributed by atoms with Crippen molar-refractivity contribution >= 4 is 5.69 Å². The van der Waals surface area contributed by atoms with Crippen molar-refractivity contribution in [2.24, 2.45) is 0 Å². The van der Waals surface area contributed by atoms with E-state index in [1.165, 1.54) is 0 Å². The number of piperidine rings is 1. The molecule has 1 aromatic rings. The van der Waals surface area contributed by atoms with Gasteiger partial charge in [0.05, 0.1) is 11.9 Å². The van der Waals surface area contributed by atoms with E-state index in [9.17, 15) is 4.39 Å². The summed E-state index contributed by atoms with van der Waals surface area (Å²) in [4.78, 5) is 6.29. The molecule has 1 aliphatic heterocycles. The van der Waals surface area contributed by atoms with E-state index in [0.29, 0.717) is 13.0 Å². The summed E-state index contributed by atoms with van der Waals surface area (Å²) < 4.78 is 13.1. The van der Waals surface area contributed by atoms with Crippen LogP contribution < -0.4 is 4.90 Å². The summed E-state index contributed by atoms with van der Waals surface area (Å²) in [6.45, 7) is 3.42. The number of alkyl halides is 1. The second-order valence-electron chi connectivity index (χ2n) is 3.84. The summed E-state index contributed by atoms with van der Waals surface area (Å²) in [6.07, 6.45) is 2.79. The zero-order chi connectivity index (χ0) is 9.97. The predicted octanol–water partition coefficient (Wildman–Crippen LogP) is 2.33. The second-order valence-corrected chi connectivity index (χ2v) is 3.84. The number of rotatable bonds is 1. The molecule has 76 valence electrons. The van der Waals surface area contributed by atoms with Gasteiger partial charge in [-0.2, -0.15) is 0 Å². The molecule has 1 aromatic heterocycles. The van der Waals surface area contributed by atoms with Gasteiger partial charge in [-0.1, -0.05) is 0 Å². The molecule has 3 heteroatoms. The van der Waals surface area contributed by atoms with Gasteiger partial charge in [-0.3, -0.25) is 4.98 Å². The highest BCUT2D eigenvalue weighted by Crippen LogP contribution is 2.20. The van der Waals surface area contributed by atoms with Crippen molar-refractivity contribution < 1.29 is 4.39 Å². The molecule has 0 spiro atoms. The average molecular weight is 194 g/mol. The fourth-order valence-electron chi connectivity index (χ4n) is 1.81. The lowest BCUT2D eigenvalue weighted by molar-refractivity contribution is 0.287. The molecule has 0 radical (unpaired) electrons. The Balaban J connectivity index is 2.10. The van der Waals surface area contributed by atoms with Crippen molar-refractivity contribution in [3.63, 3.8) is 0 Å². The molecule has 1 aliphatic rings. The maximum absolute atomic E-state index is 13.1. The fraction of sp³-hybridized carbons (Fsp3) is 0.545. The summed E-state index contributed by atoms with van der Waals surface area (Å²) in [7, 11) is 0. The molecule has 2 nitrogen and oxygen atoms in total. The summed E-state index contributed by atoms with van der Waals surface area (Å²) in [5.74, 6) is 0. The van der Waals surface area contributed by atoms with Gasteiger partial charge >= 0.3 is 0 Å². The molecule has 0 N–H and O–H groups in total. The van der Waals surface area contributed by atoms with Crippen molar-refractivity contribution in [3.05, 3.63) is 24.0 Å². The fourth-order valence-corrected chi connectivity index (χ4v) is 1.81. The Hall–Kier alpha value is -1.12. The SMILES string of the molecule is Cc1ccc(N2CCCC(F)C2)cn1. The summed E-state index contributed by atoms with van der Waals surface area (Å²) >= 11 is 0. The molecule has 14 heavy (non-hydrogen) atoms. The number of aryl methyl sites for hydroxylation is 1. The van der Waals surface area contributed by atoms with Gasteiger partial charge in [0.15, 0.2) is 0 Å². The van der Waals surface area contributed by atoms with Crippen LogP contribution in [0.4, 0.5) is 10.1 Å². The van der Waals surface area contributed by atoms with Crippen molar-refractivity contribution in [2.45, 2.75) is 25.9 Å². The van der Waals surface area contributed by atoms with Crippen LogP contribution in [0, 0.1) is 6.92 Å². The normalized spacial score (nSPS) is 22.4. The highest BCUT2D eigenvalue weighted by molar-refractivity contribution is 5.45. The van der Waals surface area contributed by atoms with Gasteiger partial charge in [0, 0.05) is 18.8 Å². The predicted molar refractivity (Wildman–Crippen MR) is 55.3 cm³/mol. The third-order valence-electron chi connectivity index (χ3n) is 2.62. The van der Waals surface area contributed by atoms with E-state index in [2.05, 4.69) is 9.88 Å². The van der Waals surface area contributed by atoms with Crippen LogP contribution in [0.1, 0.15) is 18.5 Å². The Morgan fingerprint density at radius 3 is 3.00 bits per heavy atom. The number of anilines is 1. The lowest BCUT2D eigenvalue weighted by atomic mass is 10.1. The van der Waals surface area contributed by atoms with E-state index in [1.807, 2.05) is 25.3 Å². The van der Waals surface area contributed by atoms with Gasteiger partial charge in [0.2, 0.25) is 0 Å². The lowest BCUT2D eigenvalue weighted by Gasteiger charge is -2.30. The van der Waals surface area contributed by atoms with Crippen LogP contribution in [0.25, 0.3) is 0 Å². The van der Waals surface area contributed by atoms with E-state index in [1.54, 1.807) is 0 Å². The Morgan fingerprint density at radius 2 is 2.36 bits per heavy atom. The van der Waals surface area contributed by atoms with Gasteiger partial charge < -0.3 is 4.90 Å². The van der Waals surface area contributed by atoms with Crippen molar-refractivity contribution in [3.8, 4) is 0 Å². The standard InChI is InChI=1S/C11H15FN2/c1-9-4-5-11(7-13-9)14-6-2-3-10(12)8-14/h4-5,7,10H,2-3,6,8H2,1H3.